The van der Waals surface area contributed by atoms with E-state index in [-0.39, 0.29) is 25.3 Å². The lowest BCUT2D eigenvalue weighted by molar-refractivity contribution is -0.141. The molecule has 3 aromatic carbocycles. The second-order valence-corrected chi connectivity index (χ2v) is 12.5. The molecule has 0 radical (unpaired) electrons. The Morgan fingerprint density at radius 1 is 0.889 bits per heavy atom. The van der Waals surface area contributed by atoms with Gasteiger partial charge in [-0.3, -0.25) is 14.4 Å². The third kappa shape index (κ3) is 10.9. The summed E-state index contributed by atoms with van der Waals surface area (Å²) in [6.07, 6.45) is 3.71. The Morgan fingerprint density at radius 2 is 1.56 bits per heavy atom. The van der Waals surface area contributed by atoms with Gasteiger partial charge in [-0.1, -0.05) is 87.2 Å². The van der Waals surface area contributed by atoms with E-state index in [0.717, 1.165) is 42.0 Å². The molecule has 0 aliphatic heterocycles. The molecule has 0 heterocycles. The van der Waals surface area contributed by atoms with Crippen molar-refractivity contribution in [2.45, 2.75) is 97.2 Å². The number of anilines is 1. The van der Waals surface area contributed by atoms with Crippen molar-refractivity contribution in [1.82, 2.24) is 10.2 Å². The molecule has 2 unspecified atom stereocenters. The predicted octanol–water partition coefficient (Wildman–Crippen LogP) is 6.79. The molecular weight excluding hydrogens is 568 g/mol. The number of nitrogens with one attached hydrogen (secondary N) is 2. The molecule has 242 valence electrons. The topological polar surface area (TPSA) is 131 Å². The SMILES string of the molecule is CCCCCCCN(C(=O)C(CCC(N)=O)NC(=O)OC(C)(C)C)C(C(=O)Nc1ccc2ccccc2c1)c1ccccc1C. The van der Waals surface area contributed by atoms with Crippen LogP contribution in [-0.2, 0) is 19.1 Å². The van der Waals surface area contributed by atoms with E-state index in [0.29, 0.717) is 17.7 Å². The van der Waals surface area contributed by atoms with Gasteiger partial charge in [0.05, 0.1) is 0 Å². The van der Waals surface area contributed by atoms with Crippen LogP contribution in [0.2, 0.25) is 0 Å². The molecule has 9 nitrogen and oxygen atoms in total. The molecule has 3 aromatic rings. The number of aryl methyl sites for hydroxylation is 1. The number of alkyl carbamates (subject to hydrolysis) is 1. The summed E-state index contributed by atoms with van der Waals surface area (Å²) < 4.78 is 5.44. The number of ether oxygens (including phenoxy) is 1. The molecule has 0 spiro atoms. The quantitative estimate of drug-likeness (QED) is 0.162. The first-order chi connectivity index (χ1) is 21.4. The Morgan fingerprint density at radius 3 is 2.22 bits per heavy atom. The molecule has 0 aromatic heterocycles. The number of nitrogens with zero attached hydrogens (tertiary/aromatic N) is 1. The van der Waals surface area contributed by atoms with Crippen LogP contribution in [0.1, 0.15) is 89.8 Å². The minimum Gasteiger partial charge on any atom is -0.444 e. The Balaban J connectivity index is 2.04. The predicted molar refractivity (Wildman–Crippen MR) is 179 cm³/mol. The lowest BCUT2D eigenvalue weighted by atomic mass is 9.97. The maximum atomic E-state index is 14.5. The number of primary amides is 1. The van der Waals surface area contributed by atoms with Crippen molar-refractivity contribution in [2.24, 2.45) is 5.73 Å². The highest BCUT2D eigenvalue weighted by Crippen LogP contribution is 2.29. The second-order valence-electron chi connectivity index (χ2n) is 12.5. The Hall–Kier alpha value is -4.40. The van der Waals surface area contributed by atoms with E-state index in [2.05, 4.69) is 17.6 Å². The van der Waals surface area contributed by atoms with E-state index >= 15 is 0 Å². The third-order valence-corrected chi connectivity index (χ3v) is 7.51. The number of carbonyl (C=O) groups is 4. The van der Waals surface area contributed by atoms with Gasteiger partial charge >= 0.3 is 6.09 Å². The van der Waals surface area contributed by atoms with Gasteiger partial charge < -0.3 is 26.0 Å². The van der Waals surface area contributed by atoms with Gasteiger partial charge in [-0.05, 0) is 74.6 Å². The van der Waals surface area contributed by atoms with E-state index in [4.69, 9.17) is 10.5 Å². The number of hydrogen-bond acceptors (Lipinski definition) is 5. The largest absolute Gasteiger partial charge is 0.444 e. The zero-order valence-corrected chi connectivity index (χ0v) is 27.2. The molecule has 2 atom stereocenters. The van der Waals surface area contributed by atoms with Crippen molar-refractivity contribution in [2.75, 3.05) is 11.9 Å². The van der Waals surface area contributed by atoms with Crippen molar-refractivity contribution in [3.63, 3.8) is 0 Å². The Labute approximate surface area is 266 Å². The zero-order valence-electron chi connectivity index (χ0n) is 27.2. The Kier molecular flexibility index (Phi) is 12.9. The number of carbonyl (C=O) groups excluding carboxylic acids is 4. The monoisotopic (exact) mass is 616 g/mol. The lowest BCUT2D eigenvalue weighted by Gasteiger charge is -2.35. The van der Waals surface area contributed by atoms with Gasteiger partial charge in [-0.25, -0.2) is 4.79 Å². The van der Waals surface area contributed by atoms with Gasteiger partial charge in [0.2, 0.25) is 11.8 Å². The highest BCUT2D eigenvalue weighted by Gasteiger charge is 2.37. The van der Waals surface area contributed by atoms with E-state index < -0.39 is 35.6 Å². The van der Waals surface area contributed by atoms with Gasteiger partial charge in [0.25, 0.3) is 5.91 Å². The van der Waals surface area contributed by atoms with Crippen molar-refractivity contribution < 1.29 is 23.9 Å². The van der Waals surface area contributed by atoms with E-state index in [1.807, 2.05) is 73.7 Å². The highest BCUT2D eigenvalue weighted by molar-refractivity contribution is 6.00. The lowest BCUT2D eigenvalue weighted by Crippen LogP contribution is -2.53. The first kappa shape index (κ1) is 35.1. The summed E-state index contributed by atoms with van der Waals surface area (Å²) in [4.78, 5) is 54.9. The summed E-state index contributed by atoms with van der Waals surface area (Å²) in [6, 6.07) is 18.9. The summed E-state index contributed by atoms with van der Waals surface area (Å²) >= 11 is 0. The summed E-state index contributed by atoms with van der Waals surface area (Å²) in [5.41, 5.74) is 6.76. The van der Waals surface area contributed by atoms with Crippen LogP contribution in [0.3, 0.4) is 0 Å². The molecule has 3 rings (SSSR count). The molecule has 0 bridgehead atoms. The van der Waals surface area contributed by atoms with Crippen LogP contribution < -0.4 is 16.4 Å². The van der Waals surface area contributed by atoms with Crippen LogP contribution in [0.5, 0.6) is 0 Å². The summed E-state index contributed by atoms with van der Waals surface area (Å²) in [6.45, 7) is 9.48. The number of benzene rings is 3. The fourth-order valence-corrected chi connectivity index (χ4v) is 5.27. The third-order valence-electron chi connectivity index (χ3n) is 7.51. The van der Waals surface area contributed by atoms with E-state index in [1.54, 1.807) is 20.8 Å². The highest BCUT2D eigenvalue weighted by atomic mass is 16.6. The fraction of sp³-hybridized carbons (Fsp3) is 0.444. The first-order valence-corrected chi connectivity index (χ1v) is 15.8. The van der Waals surface area contributed by atoms with E-state index in [9.17, 15) is 19.2 Å². The van der Waals surface area contributed by atoms with Crippen molar-refractivity contribution in [1.29, 1.82) is 0 Å². The minimum atomic E-state index is -1.14. The van der Waals surface area contributed by atoms with Crippen LogP contribution in [-0.4, -0.2) is 46.9 Å². The number of rotatable bonds is 15. The van der Waals surface area contributed by atoms with Crippen molar-refractivity contribution in [3.05, 3.63) is 77.9 Å². The van der Waals surface area contributed by atoms with Crippen LogP contribution in [0.25, 0.3) is 10.8 Å². The number of unbranched alkanes of at least 4 members (excludes halogenated alkanes) is 4. The molecule has 0 saturated carbocycles. The number of hydrogen-bond donors (Lipinski definition) is 3. The van der Waals surface area contributed by atoms with Gasteiger partial charge in [-0.2, -0.15) is 0 Å². The maximum Gasteiger partial charge on any atom is 0.408 e. The van der Waals surface area contributed by atoms with Gasteiger partial charge in [0.15, 0.2) is 0 Å². The smallest absolute Gasteiger partial charge is 0.408 e. The van der Waals surface area contributed by atoms with Gasteiger partial charge in [0.1, 0.15) is 17.7 Å². The maximum absolute atomic E-state index is 14.5. The Bertz CT molecular complexity index is 1470. The molecule has 45 heavy (non-hydrogen) atoms. The van der Waals surface area contributed by atoms with Crippen molar-refractivity contribution >= 4 is 40.3 Å². The van der Waals surface area contributed by atoms with Crippen LogP contribution in [0.15, 0.2) is 66.7 Å². The summed E-state index contributed by atoms with van der Waals surface area (Å²) in [5.74, 6) is -1.47. The second kappa shape index (κ2) is 16.6. The van der Waals surface area contributed by atoms with Crippen molar-refractivity contribution in [3.8, 4) is 0 Å². The van der Waals surface area contributed by atoms with E-state index in [1.165, 1.54) is 4.90 Å². The number of fused-ring (bicyclic) bond motifs is 1. The number of amides is 4. The molecule has 0 fully saturated rings. The average molecular weight is 617 g/mol. The molecule has 9 heteroatoms. The van der Waals surface area contributed by atoms with Gasteiger partial charge in [0, 0.05) is 18.7 Å². The van der Waals surface area contributed by atoms with Crippen LogP contribution >= 0.6 is 0 Å². The standard InChI is InChI=1S/C36H48N4O5/c1-6-7-8-9-14-23-40(34(43)30(21-22-31(37)41)39-35(44)45-36(3,4)5)32(29-18-13-10-15-25(29)2)33(42)38-28-20-19-26-16-11-12-17-27(26)24-28/h10-13,15-20,24,30,32H,6-9,14,21-23H2,1-5H3,(H2,37,41)(H,38,42)(H,39,44). The minimum absolute atomic E-state index is 0.0352. The zero-order chi connectivity index (χ0) is 33.0. The molecular formula is C36H48N4O5. The fourth-order valence-electron chi connectivity index (χ4n) is 5.27. The van der Waals surface area contributed by atoms with Crippen LogP contribution in [0.4, 0.5) is 10.5 Å². The molecule has 4 amide bonds. The molecule has 0 aliphatic rings. The van der Waals surface area contributed by atoms with Crippen LogP contribution in [0, 0.1) is 6.92 Å². The molecule has 0 saturated heterocycles. The molecule has 0 aliphatic carbocycles. The first-order valence-electron chi connectivity index (χ1n) is 15.8. The molecule has 4 N–H and O–H groups in total. The summed E-state index contributed by atoms with van der Waals surface area (Å²) in [5, 5.41) is 7.72. The summed E-state index contributed by atoms with van der Waals surface area (Å²) in [7, 11) is 0. The normalized spacial score (nSPS) is 12.6. The van der Waals surface area contributed by atoms with Gasteiger partial charge in [-0.15, -0.1) is 0 Å². The number of nitrogens with two attached hydrogens (primary N) is 1. The average Bonchev–Trinajstić information content (AvgIpc) is 2.98.